The molecule has 0 bridgehead atoms. The number of benzene rings is 2. The van der Waals surface area contributed by atoms with Gasteiger partial charge in [-0.3, -0.25) is 9.59 Å². The van der Waals surface area contributed by atoms with Crippen LogP contribution in [0.4, 0.5) is 14.0 Å². The van der Waals surface area contributed by atoms with Crippen LogP contribution in [-0.4, -0.2) is 119 Å². The molecule has 0 saturated carbocycles. The first-order chi connectivity index (χ1) is 30.5. The van der Waals surface area contributed by atoms with E-state index in [0.29, 0.717) is 82.2 Å². The largest absolute Gasteiger partial charge is 0.453 e. The lowest BCUT2D eigenvalue weighted by atomic mass is 9.90. The van der Waals surface area contributed by atoms with Crippen LogP contribution in [0, 0.1) is 17.8 Å². The molecule has 4 N–H and O–H groups in total. The normalized spacial score (nSPS) is 23.0. The second-order valence-electron chi connectivity index (χ2n) is 17.1. The zero-order valence-electron chi connectivity index (χ0n) is 36.2. The summed E-state index contributed by atoms with van der Waals surface area (Å²) in [4.78, 5) is 72.4. The highest BCUT2D eigenvalue weighted by atomic mass is 19.1. The van der Waals surface area contributed by atoms with Gasteiger partial charge >= 0.3 is 12.2 Å². The third kappa shape index (κ3) is 9.30. The van der Waals surface area contributed by atoms with Crippen molar-refractivity contribution >= 4 is 24.0 Å². The van der Waals surface area contributed by atoms with E-state index in [4.69, 9.17) is 28.9 Å². The van der Waals surface area contributed by atoms with Crippen molar-refractivity contribution in [1.82, 2.24) is 40.4 Å². The number of H-pyrrole nitrogens is 2. The quantitative estimate of drug-likeness (QED) is 0.126. The topological polar surface area (TPSA) is 193 Å². The highest BCUT2D eigenvalue weighted by molar-refractivity contribution is 5.87. The first-order valence-corrected chi connectivity index (χ1v) is 22.0. The molecule has 16 nitrogen and oxygen atoms in total. The fraction of sp³-hybridized carbons (Fsp3) is 0.522. The van der Waals surface area contributed by atoms with Crippen LogP contribution in [0.25, 0.3) is 33.6 Å². The predicted molar refractivity (Wildman–Crippen MR) is 229 cm³/mol. The van der Waals surface area contributed by atoms with Crippen LogP contribution in [0.2, 0.25) is 0 Å². The number of hydrogen-bond acceptors (Lipinski definition) is 10. The molecule has 0 spiro atoms. The lowest BCUT2D eigenvalue weighted by Crippen LogP contribution is -2.54. The molecule has 4 saturated heterocycles. The molecule has 17 heteroatoms. The molecule has 0 radical (unpaired) electrons. The molecule has 6 atom stereocenters. The number of carbonyl (C=O) groups is 4. The van der Waals surface area contributed by atoms with Crippen LogP contribution in [-0.2, 0) is 28.5 Å². The molecule has 63 heavy (non-hydrogen) atoms. The fourth-order valence-electron chi connectivity index (χ4n) is 9.83. The van der Waals surface area contributed by atoms with Crippen molar-refractivity contribution in [2.75, 3.05) is 40.6 Å². The van der Waals surface area contributed by atoms with Gasteiger partial charge in [-0.2, -0.15) is 4.39 Å². The molecule has 0 unspecified atom stereocenters. The number of nitrogens with one attached hydrogen (secondary N) is 4. The predicted octanol–water partition coefficient (Wildman–Crippen LogP) is 6.68. The number of hydrogen-bond donors (Lipinski definition) is 4. The minimum atomic E-state index is -0.800. The van der Waals surface area contributed by atoms with Gasteiger partial charge in [0.05, 0.1) is 38.2 Å². The van der Waals surface area contributed by atoms with E-state index >= 15 is 4.39 Å². The lowest BCUT2D eigenvalue weighted by molar-refractivity contribution is -0.139. The Labute approximate surface area is 366 Å². The van der Waals surface area contributed by atoms with Gasteiger partial charge in [0, 0.05) is 44.1 Å². The highest BCUT2D eigenvalue weighted by Crippen LogP contribution is 2.40. The van der Waals surface area contributed by atoms with E-state index in [9.17, 15) is 19.2 Å². The summed E-state index contributed by atoms with van der Waals surface area (Å²) in [5.74, 6) is -0.0871. The molecule has 4 aliphatic rings. The summed E-state index contributed by atoms with van der Waals surface area (Å²) in [7, 11) is 2.57. The SMILES string of the molecule is COC(=O)N[C@H](C(=O)N1[C@@H](C)CC[C@H]1c1nc(-c2ccc(-c3ccc(-c4cnc([C@H]5CC[C@@H](C)N5C(=O)[C@H](NC(=O)OC)C5CCOCC5)[nH]4)cc3)cc2)c(F)[nH]1)C1CCOCC1. The molecule has 336 valence electrons. The average molecular weight is 869 g/mol. The summed E-state index contributed by atoms with van der Waals surface area (Å²) in [5, 5.41) is 5.59. The Morgan fingerprint density at radius 1 is 0.651 bits per heavy atom. The molecule has 4 aromatic rings. The van der Waals surface area contributed by atoms with Crippen molar-refractivity contribution in [3.63, 3.8) is 0 Å². The molecule has 8 rings (SSSR count). The van der Waals surface area contributed by atoms with E-state index in [-0.39, 0.29) is 47.5 Å². The van der Waals surface area contributed by atoms with E-state index in [0.717, 1.165) is 35.2 Å². The fourth-order valence-corrected chi connectivity index (χ4v) is 9.83. The van der Waals surface area contributed by atoms with Gasteiger partial charge in [-0.15, -0.1) is 0 Å². The summed E-state index contributed by atoms with van der Waals surface area (Å²) >= 11 is 0. The summed E-state index contributed by atoms with van der Waals surface area (Å²) in [5.41, 5.74) is 4.38. The molecule has 4 fully saturated rings. The lowest BCUT2D eigenvalue weighted by Gasteiger charge is -2.36. The number of imidazole rings is 2. The van der Waals surface area contributed by atoms with Crippen LogP contribution in [0.1, 0.15) is 88.9 Å². The number of likely N-dealkylation sites (tertiary alicyclic amines) is 2. The maximum absolute atomic E-state index is 15.7. The van der Waals surface area contributed by atoms with Crippen molar-refractivity contribution in [3.05, 3.63) is 72.3 Å². The second-order valence-corrected chi connectivity index (χ2v) is 17.1. The maximum atomic E-state index is 15.7. The van der Waals surface area contributed by atoms with Crippen LogP contribution in [0.5, 0.6) is 0 Å². The Balaban J connectivity index is 0.946. The number of halogens is 1. The van der Waals surface area contributed by atoms with Crippen LogP contribution in [0.15, 0.2) is 54.7 Å². The molecular weight excluding hydrogens is 812 g/mol. The Bertz CT molecular complexity index is 2240. The van der Waals surface area contributed by atoms with Gasteiger partial charge in [-0.1, -0.05) is 48.5 Å². The minimum absolute atomic E-state index is 0.0363. The van der Waals surface area contributed by atoms with Crippen LogP contribution >= 0.6 is 0 Å². The highest BCUT2D eigenvalue weighted by Gasteiger charge is 2.45. The Hall–Kier alpha value is -5.81. The number of carbonyl (C=O) groups excluding carboxylic acids is 4. The monoisotopic (exact) mass is 868 g/mol. The zero-order chi connectivity index (χ0) is 44.2. The van der Waals surface area contributed by atoms with Gasteiger partial charge in [0.2, 0.25) is 17.8 Å². The molecule has 6 heterocycles. The summed E-state index contributed by atoms with van der Waals surface area (Å²) in [6.07, 6.45) is 5.91. The number of aromatic amines is 2. The van der Waals surface area contributed by atoms with Gasteiger partial charge in [-0.25, -0.2) is 19.6 Å². The summed E-state index contributed by atoms with van der Waals surface area (Å²) in [6.45, 7) is 6.07. The first kappa shape index (κ1) is 43.8. The van der Waals surface area contributed by atoms with E-state index in [1.807, 2.05) is 67.3 Å². The molecule has 2 aromatic heterocycles. The van der Waals surface area contributed by atoms with Crippen molar-refractivity contribution in [3.8, 4) is 33.6 Å². The maximum Gasteiger partial charge on any atom is 0.407 e. The number of amides is 4. The molecule has 0 aliphatic carbocycles. The molecule has 4 amide bonds. The van der Waals surface area contributed by atoms with Crippen molar-refractivity contribution in [2.24, 2.45) is 11.8 Å². The van der Waals surface area contributed by atoms with E-state index in [1.165, 1.54) is 14.2 Å². The van der Waals surface area contributed by atoms with E-state index < -0.39 is 36.3 Å². The number of ether oxygens (including phenoxy) is 4. The van der Waals surface area contributed by atoms with Crippen molar-refractivity contribution in [1.29, 1.82) is 0 Å². The van der Waals surface area contributed by atoms with E-state index in [2.05, 4.69) is 20.6 Å². The van der Waals surface area contributed by atoms with Crippen molar-refractivity contribution in [2.45, 2.75) is 101 Å². The molecular formula is C46H57FN8O8. The smallest absolute Gasteiger partial charge is 0.407 e. The Kier molecular flexibility index (Phi) is 13.4. The minimum Gasteiger partial charge on any atom is -0.453 e. The van der Waals surface area contributed by atoms with E-state index in [1.54, 1.807) is 11.1 Å². The number of nitrogens with zero attached hydrogens (tertiary/aromatic N) is 4. The standard InChI is InChI=1S/C46H57FN8O8/c1-26-5-15-35(54(26)43(56)38(51-45(58)60-3)32-17-21-62-22-18-32)41-48-25-34(49-41)30-11-7-28(8-12-30)29-9-13-31(14-10-29)37-40(47)53-42(50-37)36-16-6-27(2)55(36)44(57)39(52-46(59)61-4)33-19-23-63-24-20-33/h7-14,25-27,32-33,35-36,38-39H,5-6,15-24H2,1-4H3,(H,48,49)(H,50,53)(H,51,58)(H,52,59)/t26-,27+,35-,36+,38-,39+/m1/s1. The van der Waals surface area contributed by atoms with Gasteiger partial charge in [0.1, 0.15) is 29.4 Å². The van der Waals surface area contributed by atoms with Gasteiger partial charge in [0.15, 0.2) is 0 Å². The molecule has 4 aliphatic heterocycles. The second kappa shape index (κ2) is 19.3. The van der Waals surface area contributed by atoms with Crippen LogP contribution < -0.4 is 10.6 Å². The van der Waals surface area contributed by atoms with Gasteiger partial charge < -0.3 is 49.3 Å². The number of aromatic nitrogens is 4. The number of alkyl carbamates (subject to hydrolysis) is 2. The van der Waals surface area contributed by atoms with Crippen molar-refractivity contribution < 1.29 is 42.5 Å². The average Bonchev–Trinajstić information content (AvgIpc) is 4.13. The molecule has 2 aromatic carbocycles. The third-order valence-electron chi connectivity index (χ3n) is 13.4. The zero-order valence-corrected chi connectivity index (χ0v) is 36.2. The first-order valence-electron chi connectivity index (χ1n) is 22.0. The van der Waals surface area contributed by atoms with Gasteiger partial charge in [-0.05, 0) is 93.7 Å². The Morgan fingerprint density at radius 3 is 1.57 bits per heavy atom. The summed E-state index contributed by atoms with van der Waals surface area (Å²) in [6, 6.07) is 13.1. The summed E-state index contributed by atoms with van der Waals surface area (Å²) < 4.78 is 36.5. The number of rotatable bonds is 11. The number of methoxy groups -OCH3 is 2. The Morgan fingerprint density at radius 2 is 1.10 bits per heavy atom. The van der Waals surface area contributed by atoms with Crippen LogP contribution in [0.3, 0.4) is 0 Å². The van der Waals surface area contributed by atoms with Gasteiger partial charge in [0.25, 0.3) is 0 Å². The third-order valence-corrected chi connectivity index (χ3v) is 13.4.